The maximum absolute atomic E-state index is 4.45. The Morgan fingerprint density at radius 2 is 2.06 bits per heavy atom. The van der Waals surface area contributed by atoms with Crippen LogP contribution < -0.4 is 5.32 Å². The third-order valence-electron chi connectivity index (χ3n) is 2.52. The molecule has 96 valence electrons. The fourth-order valence-corrected chi connectivity index (χ4v) is 3.10. The number of nitrogens with one attached hydrogen (secondary N) is 1. The van der Waals surface area contributed by atoms with Gasteiger partial charge < -0.3 is 5.32 Å². The van der Waals surface area contributed by atoms with Crippen LogP contribution in [0.3, 0.4) is 0 Å². The molecule has 0 unspecified atom stereocenters. The van der Waals surface area contributed by atoms with Crippen molar-refractivity contribution in [2.24, 2.45) is 0 Å². The van der Waals surface area contributed by atoms with Crippen molar-refractivity contribution in [2.75, 3.05) is 18.8 Å². The van der Waals surface area contributed by atoms with E-state index in [1.54, 1.807) is 11.3 Å². The Morgan fingerprint density at radius 3 is 2.78 bits per heavy atom. The second-order valence-electron chi connectivity index (χ2n) is 4.02. The van der Waals surface area contributed by atoms with Crippen LogP contribution in [0.5, 0.6) is 0 Å². The Kier molecular flexibility index (Phi) is 5.71. The molecule has 0 atom stereocenters. The van der Waals surface area contributed by atoms with E-state index >= 15 is 0 Å². The molecule has 2 rings (SSSR count). The van der Waals surface area contributed by atoms with E-state index in [0.717, 1.165) is 30.3 Å². The van der Waals surface area contributed by atoms with E-state index in [1.807, 2.05) is 11.8 Å². The molecule has 0 spiro atoms. The zero-order valence-electron chi connectivity index (χ0n) is 10.6. The number of aryl methyl sites for hydroxylation is 1. The predicted octanol–water partition coefficient (Wildman–Crippen LogP) is 3.38. The lowest BCUT2D eigenvalue weighted by atomic mass is 10.3. The number of nitrogens with zero attached hydrogens (tertiary/aromatic N) is 1. The van der Waals surface area contributed by atoms with Crippen LogP contribution in [0.4, 0.5) is 0 Å². The Balaban J connectivity index is 1.54. The van der Waals surface area contributed by atoms with E-state index < -0.39 is 0 Å². The van der Waals surface area contributed by atoms with E-state index in [4.69, 9.17) is 0 Å². The summed E-state index contributed by atoms with van der Waals surface area (Å²) in [6.07, 6.45) is 1.03. The largest absolute Gasteiger partial charge is 0.316 e. The van der Waals surface area contributed by atoms with E-state index in [0.29, 0.717) is 0 Å². The summed E-state index contributed by atoms with van der Waals surface area (Å²) in [5, 5.41) is 6.76. The normalized spacial score (nSPS) is 10.7. The minimum absolute atomic E-state index is 1.01. The van der Waals surface area contributed by atoms with Gasteiger partial charge >= 0.3 is 0 Å². The summed E-state index contributed by atoms with van der Waals surface area (Å²) in [6.45, 7) is 4.11. The van der Waals surface area contributed by atoms with E-state index in [-0.39, 0.29) is 0 Å². The first-order valence-corrected chi connectivity index (χ1v) is 8.01. The summed E-state index contributed by atoms with van der Waals surface area (Å²) in [7, 11) is 0. The van der Waals surface area contributed by atoms with Gasteiger partial charge in [0.1, 0.15) is 0 Å². The predicted molar refractivity (Wildman–Crippen MR) is 80.6 cm³/mol. The molecule has 18 heavy (non-hydrogen) atoms. The van der Waals surface area contributed by atoms with Crippen LogP contribution in [0.25, 0.3) is 0 Å². The first-order valence-electron chi connectivity index (χ1n) is 6.14. The molecule has 1 N–H and O–H groups in total. The summed E-state index contributed by atoms with van der Waals surface area (Å²) in [5.74, 6) is 1.11. The van der Waals surface area contributed by atoms with Crippen LogP contribution in [0.1, 0.15) is 10.7 Å². The minimum Gasteiger partial charge on any atom is -0.316 e. The Labute approximate surface area is 117 Å². The van der Waals surface area contributed by atoms with Crippen molar-refractivity contribution in [2.45, 2.75) is 18.2 Å². The van der Waals surface area contributed by atoms with E-state index in [9.17, 15) is 0 Å². The van der Waals surface area contributed by atoms with Crippen LogP contribution in [-0.2, 0) is 6.42 Å². The van der Waals surface area contributed by atoms with Crippen molar-refractivity contribution >= 4 is 23.1 Å². The fraction of sp³-hybridized carbons (Fsp3) is 0.357. The summed E-state index contributed by atoms with van der Waals surface area (Å²) in [6, 6.07) is 10.5. The highest BCUT2D eigenvalue weighted by atomic mass is 32.2. The van der Waals surface area contributed by atoms with Crippen LogP contribution >= 0.6 is 23.1 Å². The van der Waals surface area contributed by atoms with Gasteiger partial charge in [-0.25, -0.2) is 4.98 Å². The number of thiazole rings is 1. The average Bonchev–Trinajstić information content (AvgIpc) is 2.81. The second kappa shape index (κ2) is 7.56. The molecule has 0 aliphatic carbocycles. The molecule has 0 saturated heterocycles. The monoisotopic (exact) mass is 278 g/mol. The minimum atomic E-state index is 1.01. The molecule has 1 aromatic carbocycles. The number of hydrogen-bond donors (Lipinski definition) is 1. The number of rotatable bonds is 7. The summed E-state index contributed by atoms with van der Waals surface area (Å²) in [4.78, 5) is 5.79. The first-order chi connectivity index (χ1) is 8.84. The highest BCUT2D eigenvalue weighted by molar-refractivity contribution is 7.99. The summed E-state index contributed by atoms with van der Waals surface area (Å²) < 4.78 is 0. The zero-order chi connectivity index (χ0) is 12.6. The van der Waals surface area contributed by atoms with Crippen LogP contribution in [0, 0.1) is 6.92 Å². The molecule has 0 radical (unpaired) electrons. The third-order valence-corrected chi connectivity index (χ3v) is 4.35. The maximum atomic E-state index is 4.45. The molecule has 1 heterocycles. The molecule has 0 aliphatic rings. The van der Waals surface area contributed by atoms with Crippen molar-refractivity contribution < 1.29 is 0 Å². The van der Waals surface area contributed by atoms with Crippen molar-refractivity contribution in [3.8, 4) is 0 Å². The Bertz CT molecular complexity index is 454. The molecule has 0 aliphatic heterocycles. The Morgan fingerprint density at radius 1 is 1.22 bits per heavy atom. The molecule has 0 saturated carbocycles. The topological polar surface area (TPSA) is 24.9 Å². The first kappa shape index (κ1) is 13.6. The molecule has 0 bridgehead atoms. The summed E-state index contributed by atoms with van der Waals surface area (Å²) >= 11 is 3.62. The van der Waals surface area contributed by atoms with Gasteiger partial charge in [-0.15, -0.1) is 23.1 Å². The Hall–Kier alpha value is -0.840. The quantitative estimate of drug-likeness (QED) is 0.621. The van der Waals surface area contributed by atoms with Crippen LogP contribution in [-0.4, -0.2) is 23.8 Å². The molecular formula is C14H18N2S2. The van der Waals surface area contributed by atoms with Crippen LogP contribution in [0.2, 0.25) is 0 Å². The van der Waals surface area contributed by atoms with Gasteiger partial charge in [-0.3, -0.25) is 0 Å². The molecule has 0 fully saturated rings. The highest BCUT2D eigenvalue weighted by Gasteiger charge is 1.97. The number of hydrogen-bond acceptors (Lipinski definition) is 4. The molecule has 1 aromatic heterocycles. The molecule has 4 heteroatoms. The SMILES string of the molecule is Cc1nc(CCNCCSc2ccccc2)cs1. The van der Waals surface area contributed by atoms with Gasteiger partial charge in [-0.05, 0) is 19.1 Å². The molecular weight excluding hydrogens is 260 g/mol. The lowest BCUT2D eigenvalue weighted by Gasteiger charge is -2.03. The summed E-state index contributed by atoms with van der Waals surface area (Å²) in [5.41, 5.74) is 1.21. The molecule has 2 aromatic rings. The molecule has 2 nitrogen and oxygen atoms in total. The number of aromatic nitrogens is 1. The van der Waals surface area contributed by atoms with Gasteiger partial charge in [0, 0.05) is 35.5 Å². The van der Waals surface area contributed by atoms with Gasteiger partial charge in [-0.1, -0.05) is 18.2 Å². The van der Waals surface area contributed by atoms with E-state index in [1.165, 1.54) is 10.6 Å². The maximum Gasteiger partial charge on any atom is 0.0897 e. The van der Waals surface area contributed by atoms with Gasteiger partial charge in [0.15, 0.2) is 0 Å². The lowest BCUT2D eigenvalue weighted by Crippen LogP contribution is -2.20. The van der Waals surface area contributed by atoms with Gasteiger partial charge in [-0.2, -0.15) is 0 Å². The third kappa shape index (κ3) is 4.80. The fourth-order valence-electron chi connectivity index (χ4n) is 1.62. The van der Waals surface area contributed by atoms with Crippen molar-refractivity contribution in [3.63, 3.8) is 0 Å². The second-order valence-corrected chi connectivity index (χ2v) is 6.25. The van der Waals surface area contributed by atoms with E-state index in [2.05, 4.69) is 52.9 Å². The van der Waals surface area contributed by atoms with Crippen LogP contribution in [0.15, 0.2) is 40.6 Å². The lowest BCUT2D eigenvalue weighted by molar-refractivity contribution is 0.713. The smallest absolute Gasteiger partial charge is 0.0897 e. The molecule has 0 amide bonds. The van der Waals surface area contributed by atoms with Crippen molar-refractivity contribution in [1.29, 1.82) is 0 Å². The zero-order valence-corrected chi connectivity index (χ0v) is 12.2. The van der Waals surface area contributed by atoms with Gasteiger partial charge in [0.2, 0.25) is 0 Å². The number of benzene rings is 1. The highest BCUT2D eigenvalue weighted by Crippen LogP contribution is 2.15. The standard InChI is InChI=1S/C14H18N2S2/c1-12-16-13(11-18-12)7-8-15-9-10-17-14-5-3-2-4-6-14/h2-6,11,15H,7-10H2,1H3. The van der Waals surface area contributed by atoms with Gasteiger partial charge in [0.25, 0.3) is 0 Å². The van der Waals surface area contributed by atoms with Crippen molar-refractivity contribution in [1.82, 2.24) is 10.3 Å². The van der Waals surface area contributed by atoms with Gasteiger partial charge in [0.05, 0.1) is 10.7 Å². The average molecular weight is 278 g/mol. The number of thioether (sulfide) groups is 1. The van der Waals surface area contributed by atoms with Crippen molar-refractivity contribution in [3.05, 3.63) is 46.4 Å².